The number of ether oxygens (including phenoxy) is 1. The van der Waals surface area contributed by atoms with Gasteiger partial charge >= 0.3 is 12.1 Å². The van der Waals surface area contributed by atoms with Gasteiger partial charge in [-0.3, -0.25) is 9.59 Å². The Morgan fingerprint density at radius 1 is 1.09 bits per heavy atom. The molecule has 2 aromatic carbocycles. The van der Waals surface area contributed by atoms with Gasteiger partial charge in [0, 0.05) is 31.0 Å². The third kappa shape index (κ3) is 4.64. The third-order valence-corrected chi connectivity index (χ3v) is 7.82. The fourth-order valence-electron chi connectivity index (χ4n) is 5.24. The first-order chi connectivity index (χ1) is 16.5. The lowest BCUT2D eigenvalue weighted by Gasteiger charge is -2.30. The molecule has 2 N–H and O–H groups in total. The largest absolute Gasteiger partial charge is 0.481 e. The number of carbonyl (C=O) groups is 3. The first-order valence-corrected chi connectivity index (χ1v) is 12.2. The molecule has 186 valence electrons. The Morgan fingerprint density at radius 3 is 2.20 bits per heavy atom. The van der Waals surface area contributed by atoms with E-state index in [1.807, 2.05) is 45.0 Å². The summed E-state index contributed by atoms with van der Waals surface area (Å²) >= 11 is 0. The lowest BCUT2D eigenvalue weighted by molar-refractivity contribution is -0.149. The van der Waals surface area contributed by atoms with E-state index in [1.54, 1.807) is 11.8 Å². The molecule has 0 saturated carbocycles. The summed E-state index contributed by atoms with van der Waals surface area (Å²) in [7, 11) is 0. The van der Waals surface area contributed by atoms with Crippen molar-refractivity contribution in [2.75, 3.05) is 26.2 Å². The molecule has 4 rings (SSSR count). The average Bonchev–Trinajstić information content (AvgIpc) is 3.32. The number of rotatable bonds is 7. The summed E-state index contributed by atoms with van der Waals surface area (Å²) in [6.07, 6.45) is -0.0895. The fourth-order valence-corrected chi connectivity index (χ4v) is 5.24. The van der Waals surface area contributed by atoms with Gasteiger partial charge in [0.25, 0.3) is 0 Å². The highest BCUT2D eigenvalue weighted by Crippen LogP contribution is 2.44. The molecule has 35 heavy (non-hydrogen) atoms. The number of alkyl carbamates (subject to hydrolysis) is 1. The number of fused-ring (bicyclic) bond motifs is 3. The van der Waals surface area contributed by atoms with E-state index in [0.29, 0.717) is 13.0 Å². The number of carbonyl (C=O) groups excluding carboxylic acids is 2. The zero-order chi connectivity index (χ0) is 25.4. The summed E-state index contributed by atoms with van der Waals surface area (Å²) in [6, 6.07) is 16.3. The predicted octanol–water partition coefficient (Wildman–Crippen LogP) is 4.51. The molecular formula is C28H34N2O5. The molecular weight excluding hydrogens is 444 g/mol. The summed E-state index contributed by atoms with van der Waals surface area (Å²) in [6.45, 7) is 8.37. The highest BCUT2D eigenvalue weighted by molar-refractivity contribution is 5.84. The number of hydrogen-bond acceptors (Lipinski definition) is 4. The van der Waals surface area contributed by atoms with Gasteiger partial charge < -0.3 is 20.1 Å². The van der Waals surface area contributed by atoms with Gasteiger partial charge in [-0.05, 0) is 41.5 Å². The van der Waals surface area contributed by atoms with Crippen LogP contribution in [0.3, 0.4) is 0 Å². The first-order valence-electron chi connectivity index (χ1n) is 12.2. The lowest BCUT2D eigenvalue weighted by Crippen LogP contribution is -2.43. The quantitative estimate of drug-likeness (QED) is 0.610. The standard InChI is InChI=1S/C28H34N2O5/c1-18-15-30(17-28(18,4)25(32)33)24(31)27(2,3)13-14-29-26(34)35-16-23-21-11-7-5-9-19(21)20-10-6-8-12-22(20)23/h5-12,18,23H,13-17H2,1-4H3,(H,29,34)(H,32,33). The van der Waals surface area contributed by atoms with Crippen LogP contribution in [0.1, 0.15) is 51.2 Å². The molecule has 1 saturated heterocycles. The van der Waals surface area contributed by atoms with Crippen LogP contribution < -0.4 is 5.32 Å². The molecule has 2 aliphatic rings. The van der Waals surface area contributed by atoms with Gasteiger partial charge in [-0.25, -0.2) is 4.79 Å². The second-order valence-corrected chi connectivity index (χ2v) is 10.7. The molecule has 2 amide bonds. The minimum atomic E-state index is -0.939. The van der Waals surface area contributed by atoms with E-state index in [4.69, 9.17) is 4.74 Å². The van der Waals surface area contributed by atoms with Crippen molar-refractivity contribution in [1.29, 1.82) is 0 Å². The Morgan fingerprint density at radius 2 is 1.66 bits per heavy atom. The van der Waals surface area contributed by atoms with E-state index < -0.39 is 22.9 Å². The van der Waals surface area contributed by atoms with Crippen LogP contribution in [0.4, 0.5) is 4.79 Å². The maximum Gasteiger partial charge on any atom is 0.407 e. The maximum atomic E-state index is 13.1. The van der Waals surface area contributed by atoms with Crippen LogP contribution in [-0.2, 0) is 14.3 Å². The van der Waals surface area contributed by atoms with Crippen LogP contribution in [-0.4, -0.2) is 54.2 Å². The second-order valence-electron chi connectivity index (χ2n) is 10.7. The summed E-state index contributed by atoms with van der Waals surface area (Å²) in [5, 5.41) is 12.4. The van der Waals surface area contributed by atoms with Crippen molar-refractivity contribution in [2.45, 2.75) is 40.0 Å². The van der Waals surface area contributed by atoms with E-state index in [0.717, 1.165) is 11.1 Å². The monoisotopic (exact) mass is 478 g/mol. The first kappa shape index (κ1) is 24.8. The summed E-state index contributed by atoms with van der Waals surface area (Å²) < 4.78 is 5.57. The van der Waals surface area contributed by atoms with Gasteiger partial charge in [0.05, 0.1) is 5.41 Å². The summed E-state index contributed by atoms with van der Waals surface area (Å²) in [4.78, 5) is 38.9. The fraction of sp³-hybridized carbons (Fsp3) is 0.464. The molecule has 2 aromatic rings. The van der Waals surface area contributed by atoms with Crippen molar-refractivity contribution < 1.29 is 24.2 Å². The van der Waals surface area contributed by atoms with Crippen molar-refractivity contribution in [1.82, 2.24) is 10.2 Å². The normalized spacial score (nSPS) is 21.4. The second kappa shape index (κ2) is 9.36. The van der Waals surface area contributed by atoms with Gasteiger partial charge in [-0.15, -0.1) is 0 Å². The Bertz CT molecular complexity index is 1100. The number of benzene rings is 2. The van der Waals surface area contributed by atoms with Crippen molar-refractivity contribution in [3.8, 4) is 11.1 Å². The highest BCUT2D eigenvalue weighted by Gasteiger charge is 2.49. The summed E-state index contributed by atoms with van der Waals surface area (Å²) in [5.41, 5.74) is 2.98. The number of amides is 2. The van der Waals surface area contributed by atoms with Crippen LogP contribution in [0.25, 0.3) is 11.1 Å². The molecule has 1 aliphatic heterocycles. The minimum Gasteiger partial charge on any atom is -0.481 e. The van der Waals surface area contributed by atoms with Crippen molar-refractivity contribution >= 4 is 18.0 Å². The number of likely N-dealkylation sites (tertiary alicyclic amines) is 1. The van der Waals surface area contributed by atoms with Gasteiger partial charge in [0.15, 0.2) is 0 Å². The molecule has 7 heteroatoms. The van der Waals surface area contributed by atoms with E-state index >= 15 is 0 Å². The van der Waals surface area contributed by atoms with Crippen molar-refractivity contribution in [3.63, 3.8) is 0 Å². The zero-order valence-electron chi connectivity index (χ0n) is 20.8. The molecule has 2 unspecified atom stereocenters. The van der Waals surface area contributed by atoms with Gasteiger partial charge in [-0.1, -0.05) is 69.3 Å². The lowest BCUT2D eigenvalue weighted by atomic mass is 9.81. The average molecular weight is 479 g/mol. The molecule has 1 heterocycles. The van der Waals surface area contributed by atoms with E-state index in [-0.39, 0.29) is 37.4 Å². The van der Waals surface area contributed by atoms with E-state index in [2.05, 4.69) is 29.6 Å². The van der Waals surface area contributed by atoms with Crippen LogP contribution in [0, 0.1) is 16.7 Å². The Kier molecular flexibility index (Phi) is 6.62. The van der Waals surface area contributed by atoms with Gasteiger partial charge in [-0.2, -0.15) is 0 Å². The zero-order valence-corrected chi connectivity index (χ0v) is 20.8. The SMILES string of the molecule is CC1CN(C(=O)C(C)(C)CCNC(=O)OCC2c3ccccc3-c3ccccc32)CC1(C)C(=O)O. The molecule has 7 nitrogen and oxygen atoms in total. The molecule has 1 aliphatic carbocycles. The number of aliphatic carboxylic acids is 1. The number of carboxylic acid groups (broad SMARTS) is 1. The number of carboxylic acids is 1. The molecule has 0 aromatic heterocycles. The van der Waals surface area contributed by atoms with Crippen molar-refractivity contribution in [3.05, 3.63) is 59.7 Å². The van der Waals surface area contributed by atoms with Crippen LogP contribution in [0.15, 0.2) is 48.5 Å². The van der Waals surface area contributed by atoms with Gasteiger partial charge in [0.1, 0.15) is 6.61 Å². The third-order valence-electron chi connectivity index (χ3n) is 7.82. The van der Waals surface area contributed by atoms with Crippen LogP contribution >= 0.6 is 0 Å². The highest BCUT2D eigenvalue weighted by atomic mass is 16.5. The Hall–Kier alpha value is -3.35. The summed E-state index contributed by atoms with van der Waals surface area (Å²) in [5.74, 6) is -1.11. The molecule has 0 spiro atoms. The predicted molar refractivity (Wildman–Crippen MR) is 133 cm³/mol. The van der Waals surface area contributed by atoms with Crippen LogP contribution in [0.2, 0.25) is 0 Å². The minimum absolute atomic E-state index is 0.00753. The smallest absolute Gasteiger partial charge is 0.407 e. The number of nitrogens with zero attached hydrogens (tertiary/aromatic N) is 1. The van der Waals surface area contributed by atoms with Crippen molar-refractivity contribution in [2.24, 2.45) is 16.7 Å². The Labute approximate surface area is 206 Å². The van der Waals surface area contributed by atoms with E-state index in [9.17, 15) is 19.5 Å². The molecule has 1 fully saturated rings. The van der Waals surface area contributed by atoms with Gasteiger partial charge in [0.2, 0.25) is 5.91 Å². The number of hydrogen-bond donors (Lipinski definition) is 2. The topological polar surface area (TPSA) is 95.9 Å². The maximum absolute atomic E-state index is 13.1. The van der Waals surface area contributed by atoms with Crippen LogP contribution in [0.5, 0.6) is 0 Å². The van der Waals surface area contributed by atoms with E-state index in [1.165, 1.54) is 11.1 Å². The molecule has 0 bridgehead atoms. The molecule has 2 atom stereocenters. The molecule has 0 radical (unpaired) electrons. The Balaban J connectivity index is 1.29. The number of nitrogens with one attached hydrogen (secondary N) is 1.